The Morgan fingerprint density at radius 1 is 1.44 bits per heavy atom. The minimum atomic E-state index is -0.195. The second-order valence-electron chi connectivity index (χ2n) is 3.83. The van der Waals surface area contributed by atoms with Crippen LogP contribution in [0.15, 0.2) is 9.95 Å². The molecule has 0 fully saturated rings. The minimum absolute atomic E-state index is 0.125. The first-order chi connectivity index (χ1) is 8.65. The second-order valence-corrected chi connectivity index (χ2v) is 4.90. The van der Waals surface area contributed by atoms with Gasteiger partial charge in [-0.15, -0.1) is 5.10 Å². The molecule has 0 unspecified atom stereocenters. The molecular weight excluding hydrogens is 254 g/mol. The lowest BCUT2D eigenvalue weighted by Gasteiger charge is -2.02. The fourth-order valence-electron chi connectivity index (χ4n) is 1.41. The average Bonchev–Trinajstić information content (AvgIpc) is 2.65. The Morgan fingerprint density at radius 2 is 2.22 bits per heavy atom. The predicted molar refractivity (Wildman–Crippen MR) is 69.7 cm³/mol. The fourth-order valence-corrected chi connectivity index (χ4v) is 2.32. The van der Waals surface area contributed by atoms with Gasteiger partial charge < -0.3 is 4.74 Å². The van der Waals surface area contributed by atoms with Crippen LogP contribution < -0.4 is 5.69 Å². The Balaban J connectivity index is 2.07. The van der Waals surface area contributed by atoms with Crippen LogP contribution in [0.5, 0.6) is 0 Å². The zero-order chi connectivity index (χ0) is 13.4. The van der Waals surface area contributed by atoms with E-state index < -0.39 is 0 Å². The molecule has 0 atom stereocenters. The van der Waals surface area contributed by atoms with Crippen molar-refractivity contribution in [1.29, 1.82) is 0 Å². The van der Waals surface area contributed by atoms with Crippen molar-refractivity contribution in [3.63, 3.8) is 0 Å². The number of nitrogens with zero attached hydrogens (tertiary/aromatic N) is 2. The Kier molecular flexibility index (Phi) is 6.56. The van der Waals surface area contributed by atoms with E-state index in [0.29, 0.717) is 18.2 Å². The molecule has 0 aliphatic rings. The Bertz CT molecular complexity index is 427. The molecule has 0 saturated carbocycles. The van der Waals surface area contributed by atoms with Crippen LogP contribution >= 0.6 is 11.8 Å². The fraction of sp³-hybridized carbons (Fsp3) is 0.727. The number of hydrogen-bond donors (Lipinski definition) is 1. The van der Waals surface area contributed by atoms with Crippen molar-refractivity contribution in [1.82, 2.24) is 14.8 Å². The third kappa shape index (κ3) is 4.95. The van der Waals surface area contributed by atoms with Crippen LogP contribution in [0.2, 0.25) is 0 Å². The van der Waals surface area contributed by atoms with Crippen LogP contribution in [0, 0.1) is 0 Å². The molecule has 1 aromatic heterocycles. The number of rotatable bonds is 8. The van der Waals surface area contributed by atoms with Crippen LogP contribution in [0.25, 0.3) is 0 Å². The SMILES string of the molecule is CCOC(=O)CCCCCSc1n[nH]c(=O)n1C. The largest absolute Gasteiger partial charge is 0.466 e. The lowest BCUT2D eigenvalue weighted by molar-refractivity contribution is -0.143. The Morgan fingerprint density at radius 3 is 2.83 bits per heavy atom. The number of carbonyl (C=O) groups excluding carboxylic acids is 1. The van der Waals surface area contributed by atoms with Crippen LogP contribution in [0.4, 0.5) is 0 Å². The highest BCUT2D eigenvalue weighted by atomic mass is 32.2. The van der Waals surface area contributed by atoms with Gasteiger partial charge in [-0.1, -0.05) is 18.2 Å². The van der Waals surface area contributed by atoms with Crippen molar-refractivity contribution >= 4 is 17.7 Å². The van der Waals surface area contributed by atoms with Crippen molar-refractivity contribution in [2.24, 2.45) is 7.05 Å². The molecule has 1 aromatic rings. The van der Waals surface area contributed by atoms with Crippen LogP contribution in [0.1, 0.15) is 32.6 Å². The van der Waals surface area contributed by atoms with Gasteiger partial charge >= 0.3 is 11.7 Å². The van der Waals surface area contributed by atoms with E-state index in [9.17, 15) is 9.59 Å². The molecule has 1 rings (SSSR count). The number of H-pyrrole nitrogens is 1. The van der Waals surface area contributed by atoms with Gasteiger partial charge in [-0.25, -0.2) is 9.89 Å². The van der Waals surface area contributed by atoms with Gasteiger partial charge in [0, 0.05) is 19.2 Å². The van der Waals surface area contributed by atoms with Crippen molar-refractivity contribution in [3.05, 3.63) is 10.5 Å². The smallest absolute Gasteiger partial charge is 0.343 e. The monoisotopic (exact) mass is 273 g/mol. The van der Waals surface area contributed by atoms with Gasteiger partial charge in [0.05, 0.1) is 6.61 Å². The molecule has 0 aromatic carbocycles. The molecule has 0 bridgehead atoms. The number of carbonyl (C=O) groups is 1. The van der Waals surface area contributed by atoms with Gasteiger partial charge in [-0.05, 0) is 19.8 Å². The first kappa shape index (κ1) is 14.8. The van der Waals surface area contributed by atoms with E-state index in [4.69, 9.17) is 4.74 Å². The highest BCUT2D eigenvalue weighted by Crippen LogP contribution is 2.15. The quantitative estimate of drug-likeness (QED) is 0.439. The molecule has 1 heterocycles. The number of thioether (sulfide) groups is 1. The molecule has 0 saturated heterocycles. The summed E-state index contributed by atoms with van der Waals surface area (Å²) in [7, 11) is 1.69. The second kappa shape index (κ2) is 7.97. The highest BCUT2D eigenvalue weighted by molar-refractivity contribution is 7.99. The maximum Gasteiger partial charge on any atom is 0.343 e. The molecule has 0 aliphatic carbocycles. The van der Waals surface area contributed by atoms with Crippen LogP contribution in [0.3, 0.4) is 0 Å². The maximum atomic E-state index is 11.1. The third-order valence-electron chi connectivity index (χ3n) is 2.40. The number of ether oxygens (including phenoxy) is 1. The zero-order valence-electron chi connectivity index (χ0n) is 10.8. The summed E-state index contributed by atoms with van der Waals surface area (Å²) in [6, 6.07) is 0. The topological polar surface area (TPSA) is 77.0 Å². The van der Waals surface area contributed by atoms with E-state index in [1.165, 1.54) is 4.57 Å². The zero-order valence-corrected chi connectivity index (χ0v) is 11.6. The van der Waals surface area contributed by atoms with E-state index in [1.807, 2.05) is 6.92 Å². The molecule has 0 radical (unpaired) electrons. The minimum Gasteiger partial charge on any atom is -0.466 e. The summed E-state index contributed by atoms with van der Waals surface area (Å²) in [5, 5.41) is 6.99. The van der Waals surface area contributed by atoms with Gasteiger partial charge in [-0.2, -0.15) is 0 Å². The Hall–Kier alpha value is -1.24. The van der Waals surface area contributed by atoms with Crippen molar-refractivity contribution in [3.8, 4) is 0 Å². The molecular formula is C11H19N3O3S. The number of esters is 1. The average molecular weight is 273 g/mol. The standard InChI is InChI=1S/C11H19N3O3S/c1-3-17-9(15)7-5-4-6-8-18-11-13-12-10(16)14(11)2/h3-8H2,1-2H3,(H,12,16). The summed E-state index contributed by atoms with van der Waals surface area (Å²) >= 11 is 1.54. The van der Waals surface area contributed by atoms with Gasteiger partial charge in [0.2, 0.25) is 0 Å². The van der Waals surface area contributed by atoms with Crippen molar-refractivity contribution in [2.45, 2.75) is 37.8 Å². The summed E-state index contributed by atoms with van der Waals surface area (Å²) in [5.41, 5.74) is -0.195. The van der Waals surface area contributed by atoms with E-state index in [1.54, 1.807) is 18.8 Å². The Labute approximate surface area is 110 Å². The summed E-state index contributed by atoms with van der Waals surface area (Å²) < 4.78 is 6.33. The number of nitrogens with one attached hydrogen (secondary N) is 1. The number of aromatic amines is 1. The molecule has 0 spiro atoms. The molecule has 102 valence electrons. The summed E-state index contributed by atoms with van der Waals surface area (Å²) in [6.07, 6.45) is 3.30. The van der Waals surface area contributed by atoms with E-state index >= 15 is 0 Å². The number of unbranched alkanes of at least 4 members (excludes halogenated alkanes) is 2. The van der Waals surface area contributed by atoms with E-state index in [2.05, 4.69) is 10.2 Å². The summed E-state index contributed by atoms with van der Waals surface area (Å²) in [6.45, 7) is 2.25. The van der Waals surface area contributed by atoms with Crippen LogP contribution in [-0.2, 0) is 16.6 Å². The van der Waals surface area contributed by atoms with Gasteiger partial charge in [-0.3, -0.25) is 9.36 Å². The van der Waals surface area contributed by atoms with Gasteiger partial charge in [0.25, 0.3) is 0 Å². The summed E-state index contributed by atoms with van der Waals surface area (Å²) in [5.74, 6) is 0.765. The third-order valence-corrected chi connectivity index (χ3v) is 3.52. The molecule has 0 amide bonds. The molecule has 0 aliphatic heterocycles. The lowest BCUT2D eigenvalue weighted by Crippen LogP contribution is -2.12. The van der Waals surface area contributed by atoms with Gasteiger partial charge in [0.15, 0.2) is 5.16 Å². The normalized spacial score (nSPS) is 10.6. The van der Waals surface area contributed by atoms with Gasteiger partial charge in [0.1, 0.15) is 0 Å². The summed E-state index contributed by atoms with van der Waals surface area (Å²) in [4.78, 5) is 22.2. The highest BCUT2D eigenvalue weighted by Gasteiger charge is 2.04. The van der Waals surface area contributed by atoms with E-state index in [0.717, 1.165) is 25.0 Å². The first-order valence-electron chi connectivity index (χ1n) is 6.05. The predicted octanol–water partition coefficient (Wildman–Crippen LogP) is 1.32. The molecule has 6 nitrogen and oxygen atoms in total. The first-order valence-corrected chi connectivity index (χ1v) is 7.03. The molecule has 18 heavy (non-hydrogen) atoms. The number of hydrogen-bond acceptors (Lipinski definition) is 5. The maximum absolute atomic E-state index is 11.1. The van der Waals surface area contributed by atoms with Crippen molar-refractivity contribution < 1.29 is 9.53 Å². The molecule has 1 N–H and O–H groups in total. The van der Waals surface area contributed by atoms with Crippen molar-refractivity contribution in [2.75, 3.05) is 12.4 Å². The number of aromatic nitrogens is 3. The van der Waals surface area contributed by atoms with E-state index in [-0.39, 0.29) is 11.7 Å². The molecule has 7 heteroatoms. The lowest BCUT2D eigenvalue weighted by atomic mass is 10.2. The van der Waals surface area contributed by atoms with Crippen LogP contribution in [-0.4, -0.2) is 33.1 Å².